The van der Waals surface area contributed by atoms with Crippen LogP contribution in [0.2, 0.25) is 0 Å². The number of benzene rings is 1. The molecule has 2 aliphatic heterocycles. The summed E-state index contributed by atoms with van der Waals surface area (Å²) in [5.74, 6) is -0.995. The zero-order valence-electron chi connectivity index (χ0n) is 18.2. The molecule has 2 unspecified atom stereocenters. The maximum absolute atomic E-state index is 15.3. The maximum Gasteiger partial charge on any atom is 0.150 e. The highest BCUT2D eigenvalue weighted by atomic mass is 32.2. The largest absolute Gasteiger partial charge is 0.358 e. The fraction of sp³-hybridized carbons (Fsp3) is 0.280. The Morgan fingerprint density at radius 1 is 1.00 bits per heavy atom. The minimum atomic E-state index is -0.497. The van der Waals surface area contributed by atoms with E-state index in [2.05, 4.69) is 21.9 Å². The summed E-state index contributed by atoms with van der Waals surface area (Å²) in [5, 5.41) is 0.989. The summed E-state index contributed by atoms with van der Waals surface area (Å²) >= 11 is 1.28. The van der Waals surface area contributed by atoms with E-state index >= 15 is 8.78 Å². The molecule has 0 amide bonds. The number of fused-ring (bicyclic) bond motifs is 3. The van der Waals surface area contributed by atoms with Gasteiger partial charge in [-0.1, -0.05) is 6.07 Å². The van der Waals surface area contributed by atoms with E-state index in [1.165, 1.54) is 24.1 Å². The molecule has 0 N–H and O–H groups in total. The Kier molecular flexibility index (Phi) is 5.07. The van der Waals surface area contributed by atoms with Gasteiger partial charge in [-0.2, -0.15) is 0 Å². The van der Waals surface area contributed by atoms with Gasteiger partial charge in [-0.3, -0.25) is 13.9 Å². The van der Waals surface area contributed by atoms with Gasteiger partial charge in [-0.25, -0.2) is 8.78 Å². The fourth-order valence-corrected chi connectivity index (χ4v) is 6.18. The van der Waals surface area contributed by atoms with E-state index < -0.39 is 11.6 Å². The Bertz CT molecular complexity index is 1290. The molecule has 2 atom stereocenters. The monoisotopic (exact) mass is 463 g/mol. The Balaban J connectivity index is 1.33. The standard InChI is InChI=1S/C25H23F2N5S/c1-30-14-16-5-6-17(15-30)32(16)25-21(26)10-18(11-22(25)27)33-31-9-7-19-20(12-28-13-24(19)31)23-4-2-3-8-29-23/h2-4,7-13,16-17H,5-6,14-15H2,1H3. The van der Waals surface area contributed by atoms with Crippen LogP contribution in [0.1, 0.15) is 12.8 Å². The van der Waals surface area contributed by atoms with Crippen LogP contribution in [0, 0.1) is 11.6 Å². The van der Waals surface area contributed by atoms with Gasteiger partial charge in [0, 0.05) is 59.6 Å². The molecule has 0 radical (unpaired) electrons. The normalized spacial score (nSPS) is 20.6. The van der Waals surface area contributed by atoms with Crippen molar-refractivity contribution < 1.29 is 8.78 Å². The van der Waals surface area contributed by atoms with Gasteiger partial charge in [-0.05, 0) is 62.2 Å². The van der Waals surface area contributed by atoms with E-state index in [0.29, 0.717) is 4.90 Å². The van der Waals surface area contributed by atoms with Crippen molar-refractivity contribution in [3.8, 4) is 11.3 Å². The zero-order valence-corrected chi connectivity index (χ0v) is 19.0. The van der Waals surface area contributed by atoms with Crippen LogP contribution in [0.3, 0.4) is 0 Å². The average molecular weight is 464 g/mol. The van der Waals surface area contributed by atoms with Crippen molar-refractivity contribution >= 4 is 28.5 Å². The Labute approximate surface area is 195 Å². The van der Waals surface area contributed by atoms with Crippen molar-refractivity contribution in [2.75, 3.05) is 25.0 Å². The van der Waals surface area contributed by atoms with Crippen LogP contribution in [0.4, 0.5) is 14.5 Å². The van der Waals surface area contributed by atoms with Crippen LogP contribution in [-0.4, -0.2) is 51.1 Å². The minimum absolute atomic E-state index is 0.122. The van der Waals surface area contributed by atoms with Crippen molar-refractivity contribution in [2.45, 2.75) is 29.8 Å². The minimum Gasteiger partial charge on any atom is -0.358 e. The van der Waals surface area contributed by atoms with E-state index in [1.54, 1.807) is 18.6 Å². The van der Waals surface area contributed by atoms with E-state index in [9.17, 15) is 0 Å². The van der Waals surface area contributed by atoms with Crippen molar-refractivity contribution in [1.29, 1.82) is 0 Å². The molecule has 168 valence electrons. The van der Waals surface area contributed by atoms with Crippen LogP contribution < -0.4 is 4.90 Å². The third-order valence-electron chi connectivity index (χ3n) is 6.64. The summed E-state index contributed by atoms with van der Waals surface area (Å²) in [4.78, 5) is 13.5. The molecule has 4 aromatic rings. The van der Waals surface area contributed by atoms with Crippen molar-refractivity contribution in [2.24, 2.45) is 0 Å². The summed E-state index contributed by atoms with van der Waals surface area (Å²) in [6, 6.07) is 11.0. The summed E-state index contributed by atoms with van der Waals surface area (Å²) in [7, 11) is 2.07. The third kappa shape index (κ3) is 3.57. The number of rotatable bonds is 4. The van der Waals surface area contributed by atoms with Gasteiger partial charge in [0.15, 0.2) is 11.6 Å². The molecule has 33 heavy (non-hydrogen) atoms. The molecular weight excluding hydrogens is 440 g/mol. The lowest BCUT2D eigenvalue weighted by atomic mass is 10.1. The smallest absolute Gasteiger partial charge is 0.150 e. The number of hydrogen-bond acceptors (Lipinski definition) is 5. The molecular formula is C25H23F2N5S. The van der Waals surface area contributed by atoms with Gasteiger partial charge in [-0.15, -0.1) is 0 Å². The first-order valence-corrected chi connectivity index (χ1v) is 11.9. The molecule has 0 spiro atoms. The van der Waals surface area contributed by atoms with E-state index in [0.717, 1.165) is 48.1 Å². The molecule has 8 heteroatoms. The van der Waals surface area contributed by atoms with Gasteiger partial charge in [0.1, 0.15) is 5.69 Å². The predicted molar refractivity (Wildman–Crippen MR) is 127 cm³/mol. The lowest BCUT2D eigenvalue weighted by Crippen LogP contribution is -2.53. The average Bonchev–Trinajstić information content (AvgIpc) is 3.32. The lowest BCUT2D eigenvalue weighted by Gasteiger charge is -2.41. The zero-order chi connectivity index (χ0) is 22.5. The van der Waals surface area contributed by atoms with Gasteiger partial charge in [0.2, 0.25) is 0 Å². The van der Waals surface area contributed by atoms with E-state index in [1.807, 2.05) is 39.3 Å². The number of aromatic nitrogens is 3. The number of nitrogens with zero attached hydrogens (tertiary/aromatic N) is 5. The lowest BCUT2D eigenvalue weighted by molar-refractivity contribution is 0.262. The van der Waals surface area contributed by atoms with E-state index in [-0.39, 0.29) is 17.8 Å². The van der Waals surface area contributed by atoms with Gasteiger partial charge in [0.25, 0.3) is 0 Å². The second kappa shape index (κ2) is 8.11. The first-order valence-electron chi connectivity index (χ1n) is 11.1. The molecule has 3 aromatic heterocycles. The highest BCUT2D eigenvalue weighted by Gasteiger charge is 2.41. The Hall–Kier alpha value is -2.97. The first kappa shape index (κ1) is 20.6. The quantitative estimate of drug-likeness (QED) is 0.415. The number of halogens is 2. The number of hydrogen-bond donors (Lipinski definition) is 0. The predicted octanol–water partition coefficient (Wildman–Crippen LogP) is 5.21. The molecule has 2 saturated heterocycles. The van der Waals surface area contributed by atoms with Crippen molar-refractivity contribution in [3.63, 3.8) is 0 Å². The Morgan fingerprint density at radius 3 is 2.45 bits per heavy atom. The van der Waals surface area contributed by atoms with Crippen LogP contribution in [0.15, 0.2) is 66.1 Å². The molecule has 5 nitrogen and oxygen atoms in total. The van der Waals surface area contributed by atoms with Crippen LogP contribution in [0.25, 0.3) is 22.2 Å². The Morgan fingerprint density at radius 2 is 1.76 bits per heavy atom. The summed E-state index contributed by atoms with van der Waals surface area (Å²) < 4.78 is 32.4. The van der Waals surface area contributed by atoms with Crippen molar-refractivity contribution in [1.82, 2.24) is 18.8 Å². The SMILES string of the molecule is CN1CC2CCC(C1)N2c1c(F)cc(Sn2ccc3c(-c4ccccn4)cncc32)cc1F. The second-order valence-corrected chi connectivity index (χ2v) is 9.86. The molecule has 5 heterocycles. The molecule has 6 rings (SSSR count). The summed E-state index contributed by atoms with van der Waals surface area (Å²) in [5.41, 5.74) is 2.74. The summed E-state index contributed by atoms with van der Waals surface area (Å²) in [6.45, 7) is 1.68. The summed E-state index contributed by atoms with van der Waals surface area (Å²) in [6.07, 6.45) is 9.15. The topological polar surface area (TPSA) is 37.2 Å². The number of likely N-dealkylation sites (N-methyl/N-ethyl adjacent to an activating group) is 1. The molecule has 0 saturated carbocycles. The van der Waals surface area contributed by atoms with Gasteiger partial charge in [0.05, 0.1) is 17.4 Å². The second-order valence-electron chi connectivity index (χ2n) is 8.82. The molecule has 2 fully saturated rings. The van der Waals surface area contributed by atoms with Gasteiger partial charge >= 0.3 is 0 Å². The van der Waals surface area contributed by atoms with E-state index in [4.69, 9.17) is 0 Å². The van der Waals surface area contributed by atoms with Crippen LogP contribution in [-0.2, 0) is 0 Å². The number of likely N-dealkylation sites (tertiary alicyclic amines) is 1. The highest BCUT2D eigenvalue weighted by molar-refractivity contribution is 7.98. The highest BCUT2D eigenvalue weighted by Crippen LogP contribution is 2.39. The molecule has 1 aromatic carbocycles. The number of piperazine rings is 1. The maximum atomic E-state index is 15.3. The van der Waals surface area contributed by atoms with Crippen LogP contribution in [0.5, 0.6) is 0 Å². The van der Waals surface area contributed by atoms with Crippen LogP contribution >= 0.6 is 11.9 Å². The molecule has 2 bridgehead atoms. The van der Waals surface area contributed by atoms with Gasteiger partial charge < -0.3 is 9.80 Å². The first-order chi connectivity index (χ1) is 16.1. The van der Waals surface area contributed by atoms with Crippen molar-refractivity contribution in [3.05, 3.63) is 72.8 Å². The molecule has 2 aliphatic rings. The number of pyridine rings is 2. The number of anilines is 1. The molecule has 0 aliphatic carbocycles. The fourth-order valence-electron chi connectivity index (χ4n) is 5.27. The third-order valence-corrected chi connectivity index (χ3v) is 7.60.